The lowest BCUT2D eigenvalue weighted by molar-refractivity contribution is -0.121. The zero-order valence-electron chi connectivity index (χ0n) is 13.5. The molecule has 15 heteroatoms. The van der Waals surface area contributed by atoms with E-state index in [2.05, 4.69) is 15.1 Å². The number of carbonyl (C=O) groups excluding carboxylic acids is 2. The van der Waals surface area contributed by atoms with Crippen LogP contribution in [0.2, 0.25) is 0 Å². The first kappa shape index (κ1) is 19.8. The van der Waals surface area contributed by atoms with E-state index < -0.39 is 40.4 Å². The number of nitrogens with one attached hydrogen (secondary N) is 4. The molecule has 2 fully saturated rings. The fourth-order valence-electron chi connectivity index (χ4n) is 2.70. The molecule has 0 aromatic heterocycles. The minimum absolute atomic E-state index is 0.0932. The molecule has 2 rings (SSSR count). The van der Waals surface area contributed by atoms with Crippen LogP contribution in [0.15, 0.2) is 0 Å². The minimum Gasteiger partial charge on any atom is -0.368 e. The van der Waals surface area contributed by atoms with Crippen molar-refractivity contribution in [1.82, 2.24) is 20.8 Å². The molecule has 2 aliphatic rings. The van der Waals surface area contributed by atoms with Gasteiger partial charge in [0, 0.05) is 6.54 Å². The van der Waals surface area contributed by atoms with Crippen LogP contribution < -0.4 is 16.5 Å². The third-order valence-electron chi connectivity index (χ3n) is 3.72. The summed E-state index contributed by atoms with van der Waals surface area (Å²) in [4.78, 5) is 29.9. The van der Waals surface area contributed by atoms with Gasteiger partial charge in [-0.1, -0.05) is 0 Å². The molecule has 0 radical (unpaired) electrons. The topological polar surface area (TPSA) is 211 Å². The number of nitrogens with zero attached hydrogens (tertiary/aromatic N) is 2. The van der Waals surface area contributed by atoms with Crippen LogP contribution in [0.4, 0.5) is 4.79 Å². The summed E-state index contributed by atoms with van der Waals surface area (Å²) in [6.45, 7) is 0.00691. The van der Waals surface area contributed by atoms with Crippen LogP contribution in [0.25, 0.3) is 0 Å². The monoisotopic (exact) mass is 393 g/mol. The highest BCUT2D eigenvalue weighted by atomic mass is 32.3. The normalized spacial score (nSPS) is 22.3. The van der Waals surface area contributed by atoms with Crippen LogP contribution in [0.1, 0.15) is 19.3 Å². The molecule has 2 saturated heterocycles. The first-order valence-corrected chi connectivity index (χ1v) is 8.82. The average Bonchev–Trinajstić information content (AvgIpc) is 2.75. The number of fused-ring (bicyclic) bond motifs is 2. The van der Waals surface area contributed by atoms with Crippen molar-refractivity contribution in [3.63, 3.8) is 0 Å². The van der Waals surface area contributed by atoms with Crippen LogP contribution in [-0.2, 0) is 24.3 Å². The maximum Gasteiger partial charge on any atom is 0.418 e. The predicted molar refractivity (Wildman–Crippen MR) is 84.9 cm³/mol. The minimum atomic E-state index is -4.84. The Kier molecular flexibility index (Phi) is 5.96. The Balaban J connectivity index is 1.88. The summed E-state index contributed by atoms with van der Waals surface area (Å²) in [6.07, 6.45) is 0.513. The number of amides is 3. The van der Waals surface area contributed by atoms with E-state index in [4.69, 9.17) is 25.9 Å². The lowest BCUT2D eigenvalue weighted by atomic mass is 10.00. The third kappa shape index (κ3) is 5.01. The van der Waals surface area contributed by atoms with E-state index >= 15 is 0 Å². The van der Waals surface area contributed by atoms with Crippen molar-refractivity contribution < 1.29 is 31.7 Å². The molecule has 0 spiro atoms. The van der Waals surface area contributed by atoms with Crippen molar-refractivity contribution in [3.05, 3.63) is 0 Å². The van der Waals surface area contributed by atoms with E-state index in [1.165, 1.54) is 4.90 Å². The average molecular weight is 393 g/mol. The smallest absolute Gasteiger partial charge is 0.368 e. The molecule has 3 amide bonds. The molecule has 2 unspecified atom stereocenters. The number of hydrogen-bond donors (Lipinski definition) is 6. The fourth-order valence-corrected chi connectivity index (χ4v) is 3.09. The maximum absolute atomic E-state index is 12.2. The molecule has 2 bridgehead atoms. The third-order valence-corrected chi connectivity index (χ3v) is 4.07. The van der Waals surface area contributed by atoms with Gasteiger partial charge >= 0.3 is 16.4 Å². The van der Waals surface area contributed by atoms with E-state index in [0.29, 0.717) is 17.9 Å². The van der Waals surface area contributed by atoms with Crippen LogP contribution in [0.5, 0.6) is 0 Å². The van der Waals surface area contributed by atoms with Gasteiger partial charge in [0.05, 0.1) is 25.1 Å². The zero-order chi connectivity index (χ0) is 19.5. The summed E-state index contributed by atoms with van der Waals surface area (Å²) in [7, 11) is -4.84. The Bertz CT molecular complexity index is 712. The summed E-state index contributed by atoms with van der Waals surface area (Å²) in [6, 6.07) is -2.15. The summed E-state index contributed by atoms with van der Waals surface area (Å²) < 4.78 is 34.7. The van der Waals surface area contributed by atoms with Gasteiger partial charge in [0.1, 0.15) is 5.84 Å². The molecule has 0 aromatic carbocycles. The summed E-state index contributed by atoms with van der Waals surface area (Å²) in [5.41, 5.74) is 7.05. The van der Waals surface area contributed by atoms with E-state index in [1.807, 2.05) is 0 Å². The molecule has 26 heavy (non-hydrogen) atoms. The molecule has 2 heterocycles. The van der Waals surface area contributed by atoms with Crippen LogP contribution in [0.3, 0.4) is 0 Å². The van der Waals surface area contributed by atoms with Gasteiger partial charge in [-0.25, -0.2) is 10.3 Å². The highest BCUT2D eigenvalue weighted by molar-refractivity contribution is 7.80. The van der Waals surface area contributed by atoms with E-state index in [0.717, 1.165) is 0 Å². The van der Waals surface area contributed by atoms with Gasteiger partial charge in [0.2, 0.25) is 11.9 Å². The van der Waals surface area contributed by atoms with E-state index in [-0.39, 0.29) is 25.4 Å². The van der Waals surface area contributed by atoms with Gasteiger partial charge in [-0.15, -0.1) is 4.28 Å². The Morgan fingerprint density at radius 2 is 2.08 bits per heavy atom. The SMILES string of the molecule is N=C(N)NOCCC(=O)NC(=N)C1CCC2CN1C(=O)N2OS(=O)(=O)O. The number of guanidine groups is 1. The second-order valence-electron chi connectivity index (χ2n) is 5.59. The maximum atomic E-state index is 12.2. The molecule has 0 aliphatic carbocycles. The molecule has 7 N–H and O–H groups in total. The second-order valence-corrected chi connectivity index (χ2v) is 6.59. The van der Waals surface area contributed by atoms with Crippen LogP contribution >= 0.6 is 0 Å². The van der Waals surface area contributed by atoms with Gasteiger partial charge in [-0.05, 0) is 12.8 Å². The Morgan fingerprint density at radius 3 is 2.69 bits per heavy atom. The number of piperidine rings is 1. The lowest BCUT2D eigenvalue weighted by Gasteiger charge is -2.30. The van der Waals surface area contributed by atoms with Crippen molar-refractivity contribution in [2.24, 2.45) is 5.73 Å². The molecular weight excluding hydrogens is 374 g/mol. The van der Waals surface area contributed by atoms with Crippen molar-refractivity contribution in [2.45, 2.75) is 31.3 Å². The van der Waals surface area contributed by atoms with Crippen molar-refractivity contribution in [3.8, 4) is 0 Å². The van der Waals surface area contributed by atoms with Crippen LogP contribution in [0, 0.1) is 10.8 Å². The first-order chi connectivity index (χ1) is 12.1. The lowest BCUT2D eigenvalue weighted by Crippen LogP contribution is -2.50. The van der Waals surface area contributed by atoms with Crippen molar-refractivity contribution >= 4 is 34.1 Å². The van der Waals surface area contributed by atoms with Gasteiger partial charge in [0.15, 0.2) is 0 Å². The van der Waals surface area contributed by atoms with Gasteiger partial charge in [0.25, 0.3) is 0 Å². The molecule has 2 atom stereocenters. The van der Waals surface area contributed by atoms with E-state index in [1.54, 1.807) is 0 Å². The summed E-state index contributed by atoms with van der Waals surface area (Å²) in [5, 5.41) is 17.7. The largest absolute Gasteiger partial charge is 0.418 e. The van der Waals surface area contributed by atoms with Crippen LogP contribution in [-0.4, -0.2) is 71.9 Å². The molecule has 0 saturated carbocycles. The van der Waals surface area contributed by atoms with Gasteiger partial charge < -0.3 is 16.0 Å². The quantitative estimate of drug-likeness (QED) is 0.0916. The van der Waals surface area contributed by atoms with Gasteiger partial charge in [-0.3, -0.25) is 25.0 Å². The summed E-state index contributed by atoms with van der Waals surface area (Å²) >= 11 is 0. The fraction of sp³-hybridized carbons (Fsp3) is 0.636. The Labute approximate surface area is 148 Å². The van der Waals surface area contributed by atoms with Gasteiger partial charge in [-0.2, -0.15) is 13.5 Å². The standard InChI is InChI=1S/C11H19N7O7S/c12-9(15-8(19)3-4-24-16-10(13)14)7-2-1-6-5-17(7)11(20)18(6)25-26(21,22)23/h6-7H,1-5H2,(H2,12,15,19)(H4,13,14,16)(H,21,22,23). The number of amidine groups is 1. The number of carbonyl (C=O) groups is 2. The Morgan fingerprint density at radius 1 is 1.38 bits per heavy atom. The molecule has 0 aromatic rings. The molecule has 146 valence electrons. The summed E-state index contributed by atoms with van der Waals surface area (Å²) in [5.74, 6) is -1.19. The Hall–Kier alpha value is -2.49. The number of nitrogens with two attached hydrogens (primary N) is 1. The highest BCUT2D eigenvalue weighted by Crippen LogP contribution is 2.30. The van der Waals surface area contributed by atoms with Crippen molar-refractivity contribution in [2.75, 3.05) is 13.2 Å². The molecule has 14 nitrogen and oxygen atoms in total. The number of urea groups is 1. The number of hydrogen-bond acceptors (Lipinski definition) is 8. The molecular formula is C11H19N7O7S. The zero-order valence-corrected chi connectivity index (χ0v) is 14.3. The second kappa shape index (κ2) is 7.81. The number of hydroxylamine groups is 3. The number of rotatable bonds is 7. The molecule has 2 aliphatic heterocycles. The predicted octanol–water partition coefficient (Wildman–Crippen LogP) is -2.11. The van der Waals surface area contributed by atoms with Crippen molar-refractivity contribution in [1.29, 1.82) is 10.8 Å². The van der Waals surface area contributed by atoms with E-state index in [9.17, 15) is 18.0 Å². The first-order valence-electron chi connectivity index (χ1n) is 7.45. The highest BCUT2D eigenvalue weighted by Gasteiger charge is 2.48.